The van der Waals surface area contributed by atoms with Crippen LogP contribution >= 0.6 is 0 Å². The van der Waals surface area contributed by atoms with Gasteiger partial charge in [0, 0.05) is 12.1 Å². The third-order valence-electron chi connectivity index (χ3n) is 3.59. The smallest absolute Gasteiger partial charge is 0.118 e. The maximum Gasteiger partial charge on any atom is 0.118 e. The summed E-state index contributed by atoms with van der Waals surface area (Å²) in [5, 5.41) is 3.73. The number of methoxy groups -OCH3 is 1. The fraction of sp³-hybridized carbons (Fsp3) is 0.647. The van der Waals surface area contributed by atoms with Crippen LogP contribution in [0.4, 0.5) is 0 Å². The molecule has 108 valence electrons. The predicted molar refractivity (Wildman–Crippen MR) is 82.7 cm³/mol. The molecule has 1 aromatic rings. The maximum atomic E-state index is 5.21. The number of benzene rings is 1. The van der Waals surface area contributed by atoms with E-state index in [2.05, 4.69) is 45.1 Å². The quantitative estimate of drug-likeness (QED) is 0.742. The van der Waals surface area contributed by atoms with Gasteiger partial charge in [0.05, 0.1) is 7.11 Å². The Morgan fingerprint density at radius 3 is 2.16 bits per heavy atom. The van der Waals surface area contributed by atoms with Crippen LogP contribution in [0, 0.1) is 5.92 Å². The lowest BCUT2D eigenvalue weighted by Crippen LogP contribution is -2.30. The SMILES string of the molecule is CCC(NC(C)CCC(C)C)c1ccc(OC)cc1. The fourth-order valence-electron chi connectivity index (χ4n) is 2.30. The van der Waals surface area contributed by atoms with E-state index >= 15 is 0 Å². The Hall–Kier alpha value is -1.02. The monoisotopic (exact) mass is 263 g/mol. The number of hydrogen-bond acceptors (Lipinski definition) is 2. The molecule has 0 fully saturated rings. The molecule has 2 unspecified atom stereocenters. The van der Waals surface area contributed by atoms with Crippen molar-refractivity contribution in [2.75, 3.05) is 7.11 Å². The van der Waals surface area contributed by atoms with Gasteiger partial charge in [-0.1, -0.05) is 32.9 Å². The van der Waals surface area contributed by atoms with E-state index < -0.39 is 0 Å². The maximum absolute atomic E-state index is 5.21. The first kappa shape index (κ1) is 16.0. The molecular weight excluding hydrogens is 234 g/mol. The predicted octanol–water partition coefficient (Wildman–Crippen LogP) is 4.56. The largest absolute Gasteiger partial charge is 0.497 e. The number of ether oxygens (including phenoxy) is 1. The highest BCUT2D eigenvalue weighted by Gasteiger charge is 2.12. The van der Waals surface area contributed by atoms with Gasteiger partial charge in [-0.25, -0.2) is 0 Å². The zero-order valence-corrected chi connectivity index (χ0v) is 13.1. The second kappa shape index (κ2) is 8.21. The zero-order valence-electron chi connectivity index (χ0n) is 13.1. The van der Waals surface area contributed by atoms with Crippen molar-refractivity contribution in [2.45, 2.75) is 59.0 Å². The van der Waals surface area contributed by atoms with Crippen LogP contribution in [0.25, 0.3) is 0 Å². The highest BCUT2D eigenvalue weighted by Crippen LogP contribution is 2.21. The Morgan fingerprint density at radius 2 is 1.68 bits per heavy atom. The van der Waals surface area contributed by atoms with E-state index in [4.69, 9.17) is 4.74 Å². The Morgan fingerprint density at radius 1 is 1.05 bits per heavy atom. The summed E-state index contributed by atoms with van der Waals surface area (Å²) in [5.74, 6) is 1.71. The molecule has 2 atom stereocenters. The molecule has 0 aliphatic heterocycles. The standard InChI is InChI=1S/C17H29NO/c1-6-17(18-14(4)8-7-13(2)3)15-9-11-16(19-5)12-10-15/h9-14,17-18H,6-8H2,1-5H3. The summed E-state index contributed by atoms with van der Waals surface area (Å²) in [4.78, 5) is 0. The van der Waals surface area contributed by atoms with Gasteiger partial charge in [0.15, 0.2) is 0 Å². The van der Waals surface area contributed by atoms with Crippen molar-refractivity contribution in [3.05, 3.63) is 29.8 Å². The summed E-state index contributed by atoms with van der Waals surface area (Å²) in [5.41, 5.74) is 1.35. The Bertz CT molecular complexity index is 345. The Labute approximate surface area is 118 Å². The van der Waals surface area contributed by atoms with Crippen molar-refractivity contribution in [3.63, 3.8) is 0 Å². The molecular formula is C17H29NO. The summed E-state index contributed by atoms with van der Waals surface area (Å²) in [6, 6.07) is 9.41. The minimum Gasteiger partial charge on any atom is -0.497 e. The van der Waals surface area contributed by atoms with Gasteiger partial charge in [0.2, 0.25) is 0 Å². The molecule has 19 heavy (non-hydrogen) atoms. The molecule has 0 aromatic heterocycles. The summed E-state index contributed by atoms with van der Waals surface area (Å²) < 4.78 is 5.21. The molecule has 0 aliphatic carbocycles. The van der Waals surface area contributed by atoms with Crippen molar-refractivity contribution in [1.29, 1.82) is 0 Å². The lowest BCUT2D eigenvalue weighted by atomic mass is 10.0. The average molecular weight is 263 g/mol. The van der Waals surface area contributed by atoms with Gasteiger partial charge in [0.1, 0.15) is 5.75 Å². The van der Waals surface area contributed by atoms with Gasteiger partial charge in [-0.2, -0.15) is 0 Å². The number of rotatable bonds is 8. The van der Waals surface area contributed by atoms with Gasteiger partial charge >= 0.3 is 0 Å². The molecule has 0 saturated carbocycles. The molecule has 1 rings (SSSR count). The molecule has 0 saturated heterocycles. The average Bonchev–Trinajstić information content (AvgIpc) is 2.42. The van der Waals surface area contributed by atoms with E-state index in [1.54, 1.807) is 7.11 Å². The first-order valence-corrected chi connectivity index (χ1v) is 7.46. The van der Waals surface area contributed by atoms with Crippen molar-refractivity contribution < 1.29 is 4.74 Å². The summed E-state index contributed by atoms with van der Waals surface area (Å²) in [6.07, 6.45) is 3.63. The van der Waals surface area contributed by atoms with Gasteiger partial charge < -0.3 is 10.1 Å². The highest BCUT2D eigenvalue weighted by molar-refractivity contribution is 5.29. The number of nitrogens with one attached hydrogen (secondary N) is 1. The topological polar surface area (TPSA) is 21.3 Å². The molecule has 2 heteroatoms. The van der Waals surface area contributed by atoms with Gasteiger partial charge in [-0.15, -0.1) is 0 Å². The van der Waals surface area contributed by atoms with Crippen LogP contribution < -0.4 is 10.1 Å². The molecule has 1 N–H and O–H groups in total. The van der Waals surface area contributed by atoms with E-state index in [1.807, 2.05) is 12.1 Å². The van der Waals surface area contributed by atoms with E-state index in [0.29, 0.717) is 12.1 Å². The van der Waals surface area contributed by atoms with Gasteiger partial charge in [0.25, 0.3) is 0 Å². The van der Waals surface area contributed by atoms with Crippen LogP contribution in [0.15, 0.2) is 24.3 Å². The molecule has 0 bridgehead atoms. The minimum atomic E-state index is 0.438. The molecule has 0 amide bonds. The van der Waals surface area contributed by atoms with E-state index in [1.165, 1.54) is 18.4 Å². The first-order valence-electron chi connectivity index (χ1n) is 7.46. The second-order valence-electron chi connectivity index (χ2n) is 5.77. The molecule has 0 spiro atoms. The molecule has 0 heterocycles. The molecule has 0 radical (unpaired) electrons. The van der Waals surface area contributed by atoms with E-state index in [9.17, 15) is 0 Å². The van der Waals surface area contributed by atoms with E-state index in [0.717, 1.165) is 18.1 Å². The first-order chi connectivity index (χ1) is 9.06. The summed E-state index contributed by atoms with van der Waals surface area (Å²) in [7, 11) is 1.71. The van der Waals surface area contributed by atoms with Crippen LogP contribution in [-0.2, 0) is 0 Å². The van der Waals surface area contributed by atoms with Crippen molar-refractivity contribution in [1.82, 2.24) is 5.32 Å². The van der Waals surface area contributed by atoms with Crippen molar-refractivity contribution in [3.8, 4) is 5.75 Å². The lowest BCUT2D eigenvalue weighted by molar-refractivity contribution is 0.396. The van der Waals surface area contributed by atoms with Crippen LogP contribution in [-0.4, -0.2) is 13.2 Å². The van der Waals surface area contributed by atoms with E-state index in [-0.39, 0.29) is 0 Å². The zero-order chi connectivity index (χ0) is 14.3. The Kier molecular flexibility index (Phi) is 6.93. The van der Waals surface area contributed by atoms with Crippen LogP contribution in [0.5, 0.6) is 5.75 Å². The highest BCUT2D eigenvalue weighted by atomic mass is 16.5. The van der Waals surface area contributed by atoms with Crippen molar-refractivity contribution in [2.24, 2.45) is 5.92 Å². The minimum absolute atomic E-state index is 0.438. The third kappa shape index (κ3) is 5.65. The van der Waals surface area contributed by atoms with Crippen LogP contribution in [0.2, 0.25) is 0 Å². The number of hydrogen-bond donors (Lipinski definition) is 1. The van der Waals surface area contributed by atoms with Crippen LogP contribution in [0.1, 0.15) is 58.6 Å². The third-order valence-corrected chi connectivity index (χ3v) is 3.59. The fourth-order valence-corrected chi connectivity index (χ4v) is 2.30. The second-order valence-corrected chi connectivity index (χ2v) is 5.77. The van der Waals surface area contributed by atoms with Gasteiger partial charge in [-0.3, -0.25) is 0 Å². The Balaban J connectivity index is 2.56. The normalized spacial score (nSPS) is 14.4. The summed E-state index contributed by atoms with van der Waals surface area (Å²) in [6.45, 7) is 9.09. The molecule has 1 aromatic carbocycles. The summed E-state index contributed by atoms with van der Waals surface area (Å²) >= 11 is 0. The van der Waals surface area contributed by atoms with Crippen molar-refractivity contribution >= 4 is 0 Å². The lowest BCUT2D eigenvalue weighted by Gasteiger charge is -2.23. The van der Waals surface area contributed by atoms with Crippen LogP contribution in [0.3, 0.4) is 0 Å². The molecule has 2 nitrogen and oxygen atoms in total. The molecule has 0 aliphatic rings. The van der Waals surface area contributed by atoms with Gasteiger partial charge in [-0.05, 0) is 49.8 Å².